The van der Waals surface area contributed by atoms with E-state index in [1.165, 1.54) is 0 Å². The minimum Gasteiger partial charge on any atom is -0.462 e. The summed E-state index contributed by atoms with van der Waals surface area (Å²) in [5.74, 6) is -0.552. The number of hydrogen-bond donors (Lipinski definition) is 0. The predicted molar refractivity (Wildman–Crippen MR) is 99.0 cm³/mol. The molecular weight excluding hydrogens is 312 g/mol. The van der Waals surface area contributed by atoms with Gasteiger partial charge in [0.25, 0.3) is 0 Å². The molecule has 0 radical (unpaired) electrons. The van der Waals surface area contributed by atoms with Gasteiger partial charge in [0.05, 0.1) is 12.2 Å². The van der Waals surface area contributed by atoms with E-state index in [-0.39, 0.29) is 5.78 Å². The first-order valence-corrected chi connectivity index (χ1v) is 8.72. The third kappa shape index (κ3) is 3.55. The van der Waals surface area contributed by atoms with Gasteiger partial charge in [0.15, 0.2) is 5.78 Å². The Balaban J connectivity index is 2.02. The number of carbonyl (C=O) groups is 2. The highest BCUT2D eigenvalue weighted by Gasteiger charge is 2.23. The van der Waals surface area contributed by atoms with Crippen molar-refractivity contribution in [3.63, 3.8) is 0 Å². The summed E-state index contributed by atoms with van der Waals surface area (Å²) in [4.78, 5) is 25.7. The monoisotopic (exact) mass is 334 g/mol. The smallest absolute Gasteiger partial charge is 0.338 e. The molecule has 0 aliphatic heterocycles. The van der Waals surface area contributed by atoms with Crippen LogP contribution in [-0.4, -0.2) is 18.4 Å². The lowest BCUT2D eigenvalue weighted by atomic mass is 9.92. The van der Waals surface area contributed by atoms with E-state index in [9.17, 15) is 9.59 Å². The predicted octanol–water partition coefficient (Wildman–Crippen LogP) is 4.75. The van der Waals surface area contributed by atoms with Crippen molar-refractivity contribution in [2.24, 2.45) is 0 Å². The molecule has 0 heterocycles. The molecule has 0 spiro atoms. The van der Waals surface area contributed by atoms with E-state index >= 15 is 0 Å². The van der Waals surface area contributed by atoms with E-state index in [4.69, 9.17) is 4.74 Å². The van der Waals surface area contributed by atoms with Gasteiger partial charge in [-0.3, -0.25) is 4.79 Å². The fraction of sp³-hybridized carbons (Fsp3) is 0.273. The van der Waals surface area contributed by atoms with Crippen LogP contribution in [0.5, 0.6) is 0 Å². The molecular formula is C22H22O3. The number of unbranched alkanes of at least 4 members (excludes halogenated alkanes) is 1. The van der Waals surface area contributed by atoms with Crippen molar-refractivity contribution >= 4 is 17.8 Å². The molecule has 0 saturated carbocycles. The van der Waals surface area contributed by atoms with Crippen LogP contribution in [0, 0.1) is 6.92 Å². The molecule has 3 rings (SSSR count). The lowest BCUT2D eigenvalue weighted by Gasteiger charge is -2.13. The standard InChI is InChI=1S/C22H22O3/c1-3-4-12-25-22(24)20-14-17-10-7-9-16(17)13-19(20)21(23)18-11-6-5-8-15(18)2/h5-8,10-11,13-14H,3-4,9,12H2,1-2H3. The van der Waals surface area contributed by atoms with Crippen LogP contribution in [0.1, 0.15) is 62.7 Å². The van der Waals surface area contributed by atoms with E-state index in [1.54, 1.807) is 12.1 Å². The number of allylic oxidation sites excluding steroid dienone is 1. The molecule has 2 aromatic carbocycles. The van der Waals surface area contributed by atoms with E-state index in [0.29, 0.717) is 23.3 Å². The van der Waals surface area contributed by atoms with E-state index in [1.807, 2.05) is 50.3 Å². The van der Waals surface area contributed by atoms with E-state index in [0.717, 1.165) is 36.0 Å². The van der Waals surface area contributed by atoms with Gasteiger partial charge in [0.2, 0.25) is 0 Å². The molecule has 3 nitrogen and oxygen atoms in total. The number of ketones is 1. The fourth-order valence-corrected chi connectivity index (χ4v) is 3.02. The third-order valence-electron chi connectivity index (χ3n) is 4.50. The summed E-state index contributed by atoms with van der Waals surface area (Å²) in [6.07, 6.45) is 6.58. The molecule has 2 aromatic rings. The Morgan fingerprint density at radius 2 is 1.88 bits per heavy atom. The number of carbonyl (C=O) groups excluding carboxylic acids is 2. The van der Waals surface area contributed by atoms with Crippen LogP contribution in [-0.2, 0) is 11.2 Å². The van der Waals surface area contributed by atoms with Crippen LogP contribution in [0.25, 0.3) is 6.08 Å². The Labute approximate surface area is 148 Å². The fourth-order valence-electron chi connectivity index (χ4n) is 3.02. The number of fused-ring (bicyclic) bond motifs is 1. The zero-order valence-electron chi connectivity index (χ0n) is 14.7. The topological polar surface area (TPSA) is 43.4 Å². The molecule has 1 aliphatic rings. The lowest BCUT2D eigenvalue weighted by Crippen LogP contribution is -2.15. The summed E-state index contributed by atoms with van der Waals surface area (Å²) in [5, 5.41) is 0. The maximum Gasteiger partial charge on any atom is 0.338 e. The highest BCUT2D eigenvalue weighted by Crippen LogP contribution is 2.27. The SMILES string of the molecule is CCCCOC(=O)c1cc2c(cc1C(=O)c1ccccc1C)CC=C2. The molecule has 0 unspecified atom stereocenters. The van der Waals surface area contributed by atoms with E-state index < -0.39 is 5.97 Å². The van der Waals surface area contributed by atoms with Crippen molar-refractivity contribution < 1.29 is 14.3 Å². The number of rotatable bonds is 6. The number of hydrogen-bond acceptors (Lipinski definition) is 3. The Kier molecular flexibility index (Phi) is 5.13. The van der Waals surface area contributed by atoms with E-state index in [2.05, 4.69) is 0 Å². The van der Waals surface area contributed by atoms with Crippen molar-refractivity contribution in [3.05, 3.63) is 75.9 Å². The summed E-state index contributed by atoms with van der Waals surface area (Å²) in [7, 11) is 0. The minimum atomic E-state index is -0.423. The average Bonchev–Trinajstić information content (AvgIpc) is 3.08. The first kappa shape index (κ1) is 17.2. The number of esters is 1. The maximum absolute atomic E-state index is 13.1. The van der Waals surface area contributed by atoms with Crippen molar-refractivity contribution in [2.45, 2.75) is 33.1 Å². The summed E-state index contributed by atoms with van der Waals surface area (Å²) in [5.41, 5.74) is 4.37. The highest BCUT2D eigenvalue weighted by atomic mass is 16.5. The first-order valence-electron chi connectivity index (χ1n) is 8.72. The maximum atomic E-state index is 13.1. The van der Waals surface area contributed by atoms with Crippen molar-refractivity contribution in [3.8, 4) is 0 Å². The number of benzene rings is 2. The van der Waals surface area contributed by atoms with Crippen LogP contribution in [0.4, 0.5) is 0 Å². The Morgan fingerprint density at radius 1 is 1.08 bits per heavy atom. The molecule has 128 valence electrons. The van der Waals surface area contributed by atoms with Gasteiger partial charge < -0.3 is 4.74 Å². The summed E-state index contributed by atoms with van der Waals surface area (Å²) < 4.78 is 5.37. The van der Waals surface area contributed by atoms with Gasteiger partial charge in [-0.25, -0.2) is 4.79 Å². The highest BCUT2D eigenvalue weighted by molar-refractivity contribution is 6.15. The van der Waals surface area contributed by atoms with Crippen LogP contribution in [0.3, 0.4) is 0 Å². The lowest BCUT2D eigenvalue weighted by molar-refractivity contribution is 0.0497. The third-order valence-corrected chi connectivity index (χ3v) is 4.50. The molecule has 3 heteroatoms. The van der Waals surface area contributed by atoms with Gasteiger partial charge in [-0.1, -0.05) is 49.8 Å². The minimum absolute atomic E-state index is 0.129. The van der Waals surface area contributed by atoms with Gasteiger partial charge in [-0.05, 0) is 48.6 Å². The molecule has 1 aliphatic carbocycles. The first-order chi connectivity index (χ1) is 12.1. The molecule has 0 amide bonds. The quantitative estimate of drug-likeness (QED) is 0.435. The second-order valence-corrected chi connectivity index (χ2v) is 6.34. The molecule has 0 atom stereocenters. The van der Waals surface area contributed by atoms with Gasteiger partial charge in [-0.15, -0.1) is 0 Å². The number of ether oxygens (including phenoxy) is 1. The largest absolute Gasteiger partial charge is 0.462 e. The van der Waals surface area contributed by atoms with Crippen molar-refractivity contribution in [1.82, 2.24) is 0 Å². The summed E-state index contributed by atoms with van der Waals surface area (Å²) in [6.45, 7) is 4.32. The zero-order valence-corrected chi connectivity index (χ0v) is 14.7. The van der Waals surface area contributed by atoms with Gasteiger partial charge >= 0.3 is 5.97 Å². The van der Waals surface area contributed by atoms with Crippen LogP contribution < -0.4 is 0 Å². The van der Waals surface area contributed by atoms with Crippen LogP contribution >= 0.6 is 0 Å². The zero-order chi connectivity index (χ0) is 17.8. The van der Waals surface area contributed by atoms with Crippen LogP contribution in [0.2, 0.25) is 0 Å². The van der Waals surface area contributed by atoms with Crippen LogP contribution in [0.15, 0.2) is 42.5 Å². The second kappa shape index (κ2) is 7.47. The molecule has 0 aromatic heterocycles. The van der Waals surface area contributed by atoms with Gasteiger partial charge in [0.1, 0.15) is 0 Å². The molecule has 25 heavy (non-hydrogen) atoms. The molecule has 0 bridgehead atoms. The Bertz CT molecular complexity index is 846. The summed E-state index contributed by atoms with van der Waals surface area (Å²) in [6, 6.07) is 11.1. The normalized spacial score (nSPS) is 12.1. The molecule has 0 saturated heterocycles. The van der Waals surface area contributed by atoms with Gasteiger partial charge in [-0.2, -0.15) is 0 Å². The van der Waals surface area contributed by atoms with Crippen molar-refractivity contribution in [2.75, 3.05) is 6.61 Å². The average molecular weight is 334 g/mol. The molecule has 0 fully saturated rings. The van der Waals surface area contributed by atoms with Gasteiger partial charge in [0, 0.05) is 11.1 Å². The Hall–Kier alpha value is -2.68. The molecule has 0 N–H and O–H groups in total. The van der Waals surface area contributed by atoms with Crippen molar-refractivity contribution in [1.29, 1.82) is 0 Å². The summed E-state index contributed by atoms with van der Waals surface area (Å²) >= 11 is 0. The Morgan fingerprint density at radius 3 is 2.64 bits per heavy atom. The number of aryl methyl sites for hydroxylation is 1. The second-order valence-electron chi connectivity index (χ2n) is 6.34.